The van der Waals surface area contributed by atoms with Crippen molar-refractivity contribution in [3.63, 3.8) is 0 Å². The number of thiol groups is 1. The predicted octanol–water partition coefficient (Wildman–Crippen LogP) is 3.85. The van der Waals surface area contributed by atoms with Gasteiger partial charge in [0.2, 0.25) is 0 Å². The highest BCUT2D eigenvalue weighted by Crippen LogP contribution is 2.37. The van der Waals surface area contributed by atoms with Crippen LogP contribution in [0.15, 0.2) is 41.3 Å². The average Bonchev–Trinajstić information content (AvgIpc) is 2.53. The molecule has 0 aliphatic heterocycles. The molecular weight excluding hydrogens is 200 g/mol. The van der Waals surface area contributed by atoms with Gasteiger partial charge in [0.25, 0.3) is 0 Å². The normalized spacial score (nSPS) is 12.4. The lowest BCUT2D eigenvalue weighted by Crippen LogP contribution is -1.81. The number of benzene rings is 2. The van der Waals surface area contributed by atoms with Gasteiger partial charge < -0.3 is 0 Å². The summed E-state index contributed by atoms with van der Waals surface area (Å²) in [7, 11) is 0. The van der Waals surface area contributed by atoms with E-state index in [2.05, 4.69) is 56.0 Å². The minimum absolute atomic E-state index is 1.05. The fourth-order valence-corrected chi connectivity index (χ4v) is 2.56. The van der Waals surface area contributed by atoms with Crippen LogP contribution in [-0.2, 0) is 6.42 Å². The molecule has 0 saturated carbocycles. The third-order valence-corrected chi connectivity index (χ3v) is 3.30. The van der Waals surface area contributed by atoms with E-state index >= 15 is 0 Å². The van der Waals surface area contributed by atoms with Crippen LogP contribution in [0.2, 0.25) is 0 Å². The molecule has 0 radical (unpaired) electrons. The van der Waals surface area contributed by atoms with Crippen molar-refractivity contribution in [1.29, 1.82) is 0 Å². The Morgan fingerprint density at radius 3 is 2.40 bits per heavy atom. The van der Waals surface area contributed by atoms with Gasteiger partial charge in [-0.3, -0.25) is 0 Å². The van der Waals surface area contributed by atoms with Crippen molar-refractivity contribution in [3.8, 4) is 11.1 Å². The lowest BCUT2D eigenvalue weighted by Gasteiger charge is -2.01. The van der Waals surface area contributed by atoms with Crippen LogP contribution >= 0.6 is 12.6 Å². The van der Waals surface area contributed by atoms with Crippen LogP contribution < -0.4 is 0 Å². The molecule has 2 aromatic carbocycles. The summed E-state index contributed by atoms with van der Waals surface area (Å²) in [5, 5.41) is 0. The van der Waals surface area contributed by atoms with Gasteiger partial charge in [0.05, 0.1) is 0 Å². The van der Waals surface area contributed by atoms with Crippen molar-refractivity contribution in [2.45, 2.75) is 18.2 Å². The molecule has 0 aromatic heterocycles. The van der Waals surface area contributed by atoms with E-state index < -0.39 is 0 Å². The Labute approximate surface area is 95.4 Å². The van der Waals surface area contributed by atoms with E-state index in [4.69, 9.17) is 0 Å². The highest BCUT2D eigenvalue weighted by atomic mass is 32.1. The molecule has 0 spiro atoms. The van der Waals surface area contributed by atoms with Crippen LogP contribution in [0.3, 0.4) is 0 Å². The molecule has 0 atom stereocenters. The van der Waals surface area contributed by atoms with Gasteiger partial charge in [0, 0.05) is 4.90 Å². The Hall–Kier alpha value is -1.21. The molecule has 1 heteroatoms. The standard InChI is InChI=1S/C14H12S/c1-9-2-4-13-10(6-9)7-11-8-12(15)3-5-14(11)13/h2-6,8,15H,7H2,1H3. The van der Waals surface area contributed by atoms with Crippen LogP contribution in [0.4, 0.5) is 0 Å². The van der Waals surface area contributed by atoms with Gasteiger partial charge in [-0.2, -0.15) is 0 Å². The molecule has 0 nitrogen and oxygen atoms in total. The topological polar surface area (TPSA) is 0 Å². The molecular formula is C14H12S. The first-order valence-corrected chi connectivity index (χ1v) is 5.60. The van der Waals surface area contributed by atoms with Gasteiger partial charge in [0.1, 0.15) is 0 Å². The lowest BCUT2D eigenvalue weighted by molar-refractivity contribution is 1.23. The quantitative estimate of drug-likeness (QED) is 0.537. The second-order valence-corrected chi connectivity index (χ2v) is 4.70. The summed E-state index contributed by atoms with van der Waals surface area (Å²) < 4.78 is 0. The van der Waals surface area contributed by atoms with Crippen molar-refractivity contribution in [1.82, 2.24) is 0 Å². The number of hydrogen-bond acceptors (Lipinski definition) is 1. The highest BCUT2D eigenvalue weighted by Gasteiger charge is 2.17. The maximum absolute atomic E-state index is 4.38. The molecule has 0 bridgehead atoms. The molecule has 0 unspecified atom stereocenters. The molecule has 0 N–H and O–H groups in total. The number of fused-ring (bicyclic) bond motifs is 3. The third kappa shape index (κ3) is 1.38. The van der Waals surface area contributed by atoms with Crippen LogP contribution in [0, 0.1) is 6.92 Å². The molecule has 0 heterocycles. The minimum Gasteiger partial charge on any atom is -0.143 e. The second kappa shape index (κ2) is 3.14. The maximum atomic E-state index is 4.38. The molecule has 1 aliphatic rings. The van der Waals surface area contributed by atoms with Crippen LogP contribution in [0.5, 0.6) is 0 Å². The van der Waals surface area contributed by atoms with Crippen molar-refractivity contribution >= 4 is 12.6 Å². The lowest BCUT2D eigenvalue weighted by atomic mass is 10.0. The number of aryl methyl sites for hydroxylation is 1. The van der Waals surface area contributed by atoms with Gasteiger partial charge in [-0.25, -0.2) is 0 Å². The summed E-state index contributed by atoms with van der Waals surface area (Å²) in [4.78, 5) is 1.05. The van der Waals surface area contributed by atoms with E-state index in [-0.39, 0.29) is 0 Å². The zero-order chi connectivity index (χ0) is 10.4. The van der Waals surface area contributed by atoms with Crippen molar-refractivity contribution in [2.24, 2.45) is 0 Å². The molecule has 0 saturated heterocycles. The van der Waals surface area contributed by atoms with E-state index in [1.165, 1.54) is 27.8 Å². The molecule has 74 valence electrons. The summed E-state index contributed by atoms with van der Waals surface area (Å²) in [6.45, 7) is 2.15. The van der Waals surface area contributed by atoms with E-state index in [1.54, 1.807) is 0 Å². The molecule has 1 aliphatic carbocycles. The fraction of sp³-hybridized carbons (Fsp3) is 0.143. The first kappa shape index (κ1) is 9.05. The highest BCUT2D eigenvalue weighted by molar-refractivity contribution is 7.80. The van der Waals surface area contributed by atoms with Crippen molar-refractivity contribution < 1.29 is 0 Å². The number of hydrogen-bond donors (Lipinski definition) is 1. The van der Waals surface area contributed by atoms with Crippen molar-refractivity contribution in [3.05, 3.63) is 53.1 Å². The van der Waals surface area contributed by atoms with Crippen LogP contribution in [0.1, 0.15) is 16.7 Å². The summed E-state index contributed by atoms with van der Waals surface area (Å²) in [6, 6.07) is 13.1. The van der Waals surface area contributed by atoms with Gasteiger partial charge in [-0.15, -0.1) is 12.6 Å². The molecule has 3 rings (SSSR count). The Balaban J connectivity index is 2.24. The average molecular weight is 212 g/mol. The zero-order valence-corrected chi connectivity index (χ0v) is 9.51. The number of rotatable bonds is 0. The summed E-state index contributed by atoms with van der Waals surface area (Å²) in [6.07, 6.45) is 1.06. The summed E-state index contributed by atoms with van der Waals surface area (Å²) in [5.41, 5.74) is 6.96. The van der Waals surface area contributed by atoms with Crippen molar-refractivity contribution in [2.75, 3.05) is 0 Å². The smallest absolute Gasteiger partial charge is 0.00432 e. The van der Waals surface area contributed by atoms with Crippen LogP contribution in [0.25, 0.3) is 11.1 Å². The maximum Gasteiger partial charge on any atom is 0.00432 e. The Bertz CT molecular complexity index is 492. The molecule has 0 amide bonds. The fourth-order valence-electron chi connectivity index (χ4n) is 2.33. The minimum atomic E-state index is 1.05. The Morgan fingerprint density at radius 1 is 0.933 bits per heavy atom. The summed E-state index contributed by atoms with van der Waals surface area (Å²) in [5.74, 6) is 0. The zero-order valence-electron chi connectivity index (χ0n) is 8.62. The van der Waals surface area contributed by atoms with Crippen LogP contribution in [-0.4, -0.2) is 0 Å². The molecule has 0 fully saturated rings. The Kier molecular flexibility index (Phi) is 1.89. The van der Waals surface area contributed by atoms with Gasteiger partial charge >= 0.3 is 0 Å². The second-order valence-electron chi connectivity index (χ2n) is 4.18. The third-order valence-electron chi connectivity index (χ3n) is 3.02. The van der Waals surface area contributed by atoms with Gasteiger partial charge in [-0.05, 0) is 47.7 Å². The first-order valence-electron chi connectivity index (χ1n) is 5.16. The largest absolute Gasteiger partial charge is 0.143 e. The van der Waals surface area contributed by atoms with E-state index in [0.717, 1.165) is 11.3 Å². The van der Waals surface area contributed by atoms with E-state index in [0.29, 0.717) is 0 Å². The van der Waals surface area contributed by atoms with E-state index in [9.17, 15) is 0 Å². The predicted molar refractivity (Wildman–Crippen MR) is 66.7 cm³/mol. The molecule has 15 heavy (non-hydrogen) atoms. The summed E-state index contributed by atoms with van der Waals surface area (Å²) >= 11 is 4.38. The monoisotopic (exact) mass is 212 g/mol. The molecule has 2 aromatic rings. The van der Waals surface area contributed by atoms with E-state index in [1.807, 2.05) is 0 Å². The first-order chi connectivity index (χ1) is 7.24. The SMILES string of the molecule is Cc1ccc2c(c1)Cc1cc(S)ccc1-2. The van der Waals surface area contributed by atoms with Gasteiger partial charge in [0.15, 0.2) is 0 Å². The van der Waals surface area contributed by atoms with Gasteiger partial charge in [-0.1, -0.05) is 29.8 Å². The Morgan fingerprint density at radius 2 is 1.60 bits per heavy atom.